The minimum Gasteiger partial charge on any atom is -0.483 e. The zero-order valence-electron chi connectivity index (χ0n) is 8.97. The predicted octanol–water partition coefficient (Wildman–Crippen LogP) is 1.23. The van der Waals surface area contributed by atoms with Crippen LogP contribution in [0.3, 0.4) is 0 Å². The maximum Gasteiger partial charge on any atom is 0.252 e. The first kappa shape index (κ1) is 12.4. The standard InChI is InChI=1S/C11H14N2O2S/c1-2-8(11(13)16)15-9-6-4-3-5-7(9)10(12)14/h3-6,8H,2H2,1H3,(H2,12,14)(H2,13,16). The zero-order valence-corrected chi connectivity index (χ0v) is 9.79. The molecule has 0 spiro atoms. The van der Waals surface area contributed by atoms with Crippen molar-refractivity contribution in [2.24, 2.45) is 11.5 Å². The van der Waals surface area contributed by atoms with Crippen LogP contribution >= 0.6 is 12.2 Å². The Morgan fingerprint density at radius 2 is 2.06 bits per heavy atom. The molecule has 86 valence electrons. The van der Waals surface area contributed by atoms with E-state index < -0.39 is 5.91 Å². The van der Waals surface area contributed by atoms with E-state index in [-0.39, 0.29) is 11.1 Å². The molecule has 1 rings (SSSR count). The van der Waals surface area contributed by atoms with Crippen molar-refractivity contribution >= 4 is 23.1 Å². The molecule has 0 saturated heterocycles. The molecule has 0 radical (unpaired) electrons. The van der Waals surface area contributed by atoms with Gasteiger partial charge in [0.1, 0.15) is 16.8 Å². The van der Waals surface area contributed by atoms with Gasteiger partial charge in [-0.15, -0.1) is 0 Å². The van der Waals surface area contributed by atoms with Gasteiger partial charge in [0.15, 0.2) is 0 Å². The SMILES string of the molecule is CCC(Oc1ccccc1C(N)=O)C(N)=S. The van der Waals surface area contributed by atoms with Crippen molar-refractivity contribution in [3.05, 3.63) is 29.8 Å². The lowest BCUT2D eigenvalue weighted by molar-refractivity contribution is 0.0995. The molecular weight excluding hydrogens is 224 g/mol. The number of ether oxygens (including phenoxy) is 1. The number of para-hydroxylation sites is 1. The zero-order chi connectivity index (χ0) is 12.1. The van der Waals surface area contributed by atoms with Crippen molar-refractivity contribution in [2.75, 3.05) is 0 Å². The average molecular weight is 238 g/mol. The summed E-state index contributed by atoms with van der Waals surface area (Å²) in [6, 6.07) is 6.74. The minimum atomic E-state index is -0.534. The lowest BCUT2D eigenvalue weighted by Gasteiger charge is -2.17. The Bertz CT molecular complexity index is 407. The molecule has 5 heteroatoms. The van der Waals surface area contributed by atoms with Crippen molar-refractivity contribution in [3.8, 4) is 5.75 Å². The van der Waals surface area contributed by atoms with Gasteiger partial charge >= 0.3 is 0 Å². The fourth-order valence-electron chi connectivity index (χ4n) is 1.27. The van der Waals surface area contributed by atoms with Crippen LogP contribution in [0.5, 0.6) is 5.75 Å². The van der Waals surface area contributed by atoms with Crippen LogP contribution in [0.4, 0.5) is 0 Å². The first-order valence-corrected chi connectivity index (χ1v) is 5.32. The summed E-state index contributed by atoms with van der Waals surface area (Å²) in [6.45, 7) is 1.90. The first-order chi connectivity index (χ1) is 7.56. The summed E-state index contributed by atoms with van der Waals surface area (Å²) in [6.07, 6.45) is 0.262. The predicted molar refractivity (Wildman–Crippen MR) is 66.5 cm³/mol. The van der Waals surface area contributed by atoms with Gasteiger partial charge in [0.25, 0.3) is 5.91 Å². The smallest absolute Gasteiger partial charge is 0.252 e. The van der Waals surface area contributed by atoms with Crippen LogP contribution < -0.4 is 16.2 Å². The van der Waals surface area contributed by atoms with E-state index in [2.05, 4.69) is 0 Å². The van der Waals surface area contributed by atoms with E-state index in [1.165, 1.54) is 0 Å². The fourth-order valence-corrected chi connectivity index (χ4v) is 1.48. The van der Waals surface area contributed by atoms with E-state index in [1.54, 1.807) is 24.3 Å². The van der Waals surface area contributed by atoms with Gasteiger partial charge in [0.2, 0.25) is 0 Å². The van der Waals surface area contributed by atoms with Crippen LogP contribution in [-0.2, 0) is 0 Å². The van der Waals surface area contributed by atoms with Crippen molar-refractivity contribution in [2.45, 2.75) is 19.4 Å². The molecule has 0 aliphatic carbocycles. The third kappa shape index (κ3) is 2.93. The molecule has 4 nitrogen and oxygen atoms in total. The Morgan fingerprint density at radius 1 is 1.44 bits per heavy atom. The van der Waals surface area contributed by atoms with Crippen LogP contribution in [0.2, 0.25) is 0 Å². The van der Waals surface area contributed by atoms with Crippen LogP contribution in [0, 0.1) is 0 Å². The molecule has 1 aromatic carbocycles. The normalized spacial score (nSPS) is 11.8. The molecule has 0 saturated carbocycles. The van der Waals surface area contributed by atoms with Gasteiger partial charge in [-0.3, -0.25) is 4.79 Å². The van der Waals surface area contributed by atoms with Gasteiger partial charge in [-0.05, 0) is 18.6 Å². The van der Waals surface area contributed by atoms with Crippen molar-refractivity contribution in [1.82, 2.24) is 0 Å². The van der Waals surface area contributed by atoms with E-state index in [4.69, 9.17) is 28.4 Å². The molecule has 1 atom stereocenters. The fraction of sp³-hybridized carbons (Fsp3) is 0.273. The summed E-state index contributed by atoms with van der Waals surface area (Å²) in [7, 11) is 0. The maximum atomic E-state index is 11.1. The van der Waals surface area contributed by atoms with Crippen LogP contribution in [0.15, 0.2) is 24.3 Å². The maximum absolute atomic E-state index is 11.1. The first-order valence-electron chi connectivity index (χ1n) is 4.91. The van der Waals surface area contributed by atoms with Crippen LogP contribution in [0.25, 0.3) is 0 Å². The number of carbonyl (C=O) groups is 1. The quantitative estimate of drug-likeness (QED) is 0.756. The second kappa shape index (κ2) is 5.46. The number of rotatable bonds is 5. The molecule has 1 unspecified atom stereocenters. The average Bonchev–Trinajstić information content (AvgIpc) is 2.25. The van der Waals surface area contributed by atoms with E-state index in [9.17, 15) is 4.79 Å². The summed E-state index contributed by atoms with van der Waals surface area (Å²) in [5.41, 5.74) is 11.1. The number of benzene rings is 1. The second-order valence-corrected chi connectivity index (χ2v) is 3.75. The number of amides is 1. The molecule has 16 heavy (non-hydrogen) atoms. The number of carbonyl (C=O) groups excluding carboxylic acids is 1. The topological polar surface area (TPSA) is 78.3 Å². The third-order valence-corrected chi connectivity index (χ3v) is 2.37. The molecule has 0 aliphatic heterocycles. The number of primary amides is 1. The Kier molecular flexibility index (Phi) is 4.25. The molecule has 4 N–H and O–H groups in total. The van der Waals surface area contributed by atoms with E-state index in [1.807, 2.05) is 6.92 Å². The molecule has 0 aromatic heterocycles. The third-order valence-electron chi connectivity index (χ3n) is 2.11. The highest BCUT2D eigenvalue weighted by Crippen LogP contribution is 2.19. The number of hydrogen-bond acceptors (Lipinski definition) is 3. The summed E-state index contributed by atoms with van der Waals surface area (Å²) in [4.78, 5) is 11.4. The highest BCUT2D eigenvalue weighted by Gasteiger charge is 2.15. The molecule has 1 aromatic rings. The van der Waals surface area contributed by atoms with Gasteiger partial charge in [-0.2, -0.15) is 0 Å². The monoisotopic (exact) mass is 238 g/mol. The van der Waals surface area contributed by atoms with Crippen molar-refractivity contribution in [3.63, 3.8) is 0 Å². The Labute approximate surface area is 99.6 Å². The summed E-state index contributed by atoms with van der Waals surface area (Å²) >= 11 is 4.86. The Balaban J connectivity index is 2.95. The van der Waals surface area contributed by atoms with Gasteiger partial charge in [-0.25, -0.2) is 0 Å². The molecule has 0 heterocycles. The summed E-state index contributed by atoms with van der Waals surface area (Å²) in [5.74, 6) is -0.122. The molecule has 0 aliphatic rings. The van der Waals surface area contributed by atoms with Crippen LogP contribution in [-0.4, -0.2) is 17.0 Å². The number of thiocarbonyl (C=S) groups is 1. The summed E-state index contributed by atoms with van der Waals surface area (Å²) < 4.78 is 5.55. The second-order valence-electron chi connectivity index (χ2n) is 3.28. The van der Waals surface area contributed by atoms with Gasteiger partial charge in [0, 0.05) is 0 Å². The number of nitrogens with two attached hydrogens (primary N) is 2. The lowest BCUT2D eigenvalue weighted by Crippen LogP contribution is -2.32. The van der Waals surface area contributed by atoms with E-state index in [0.717, 1.165) is 0 Å². The van der Waals surface area contributed by atoms with Crippen molar-refractivity contribution < 1.29 is 9.53 Å². The summed E-state index contributed by atoms with van der Waals surface area (Å²) in [5, 5.41) is 0. The van der Waals surface area contributed by atoms with Crippen molar-refractivity contribution in [1.29, 1.82) is 0 Å². The van der Waals surface area contributed by atoms with Crippen LogP contribution in [0.1, 0.15) is 23.7 Å². The highest BCUT2D eigenvalue weighted by atomic mass is 32.1. The Morgan fingerprint density at radius 3 is 2.56 bits per heavy atom. The molecule has 1 amide bonds. The van der Waals surface area contributed by atoms with Gasteiger partial charge in [-0.1, -0.05) is 31.3 Å². The van der Waals surface area contributed by atoms with E-state index >= 15 is 0 Å². The molecule has 0 bridgehead atoms. The van der Waals surface area contributed by atoms with Gasteiger partial charge in [0.05, 0.1) is 5.56 Å². The number of hydrogen-bond donors (Lipinski definition) is 2. The lowest BCUT2D eigenvalue weighted by atomic mass is 10.2. The molecular formula is C11H14N2O2S. The molecule has 0 fully saturated rings. The van der Waals surface area contributed by atoms with E-state index in [0.29, 0.717) is 17.7 Å². The Hall–Kier alpha value is -1.62. The highest BCUT2D eigenvalue weighted by molar-refractivity contribution is 7.80. The minimum absolute atomic E-state index is 0.266. The largest absolute Gasteiger partial charge is 0.483 e. The van der Waals surface area contributed by atoms with Gasteiger partial charge < -0.3 is 16.2 Å².